The Kier molecular flexibility index (Phi) is 5.32. The zero-order valence-corrected chi connectivity index (χ0v) is 12.5. The van der Waals surface area contributed by atoms with Gasteiger partial charge in [0.25, 0.3) is 0 Å². The van der Waals surface area contributed by atoms with Gasteiger partial charge >= 0.3 is 0 Å². The molecular weight excluding hydrogens is 272 g/mol. The van der Waals surface area contributed by atoms with Crippen molar-refractivity contribution in [3.8, 4) is 0 Å². The largest absolute Gasteiger partial charge is 0.383 e. The van der Waals surface area contributed by atoms with Gasteiger partial charge in [0.1, 0.15) is 0 Å². The maximum Gasteiger partial charge on any atom is 0.230 e. The molecular formula is C14H22N4O3. The van der Waals surface area contributed by atoms with Crippen molar-refractivity contribution < 1.29 is 14.3 Å². The van der Waals surface area contributed by atoms with E-state index < -0.39 is 0 Å². The van der Waals surface area contributed by atoms with Crippen LogP contribution in [-0.2, 0) is 20.7 Å². The second-order valence-electron chi connectivity index (χ2n) is 5.25. The van der Waals surface area contributed by atoms with Gasteiger partial charge in [0, 0.05) is 38.4 Å². The highest BCUT2D eigenvalue weighted by molar-refractivity contribution is 5.96. The Labute approximate surface area is 124 Å². The number of likely N-dealkylation sites (tertiary alicyclic amines) is 1. The van der Waals surface area contributed by atoms with Crippen molar-refractivity contribution >= 4 is 17.6 Å². The molecule has 0 radical (unpaired) electrons. The van der Waals surface area contributed by atoms with Crippen molar-refractivity contribution in [3.63, 3.8) is 0 Å². The second kappa shape index (κ2) is 7.21. The molecule has 0 bridgehead atoms. The van der Waals surface area contributed by atoms with Crippen LogP contribution < -0.4 is 5.32 Å². The summed E-state index contributed by atoms with van der Waals surface area (Å²) in [6, 6.07) is 1.83. The molecule has 0 aromatic carbocycles. The van der Waals surface area contributed by atoms with E-state index >= 15 is 0 Å². The molecule has 116 valence electrons. The number of anilines is 1. The summed E-state index contributed by atoms with van der Waals surface area (Å²) in [6.45, 7) is 3.54. The van der Waals surface area contributed by atoms with Crippen LogP contribution in [0.15, 0.2) is 6.07 Å². The first-order valence-electron chi connectivity index (χ1n) is 7.26. The van der Waals surface area contributed by atoms with Gasteiger partial charge in [0.05, 0.1) is 12.5 Å². The second-order valence-corrected chi connectivity index (χ2v) is 5.25. The Balaban J connectivity index is 1.87. The minimum Gasteiger partial charge on any atom is -0.383 e. The standard InChI is InChI=1S/C14H22N4O3/c1-3-4-11-8-12(17-16-11)15-14(20)10-7-13(19)18(9-10)5-6-21-2/h8,10H,3-7,9H2,1-2H3,(H2,15,16,17,20). The highest BCUT2D eigenvalue weighted by Gasteiger charge is 2.34. The zero-order chi connectivity index (χ0) is 15.2. The molecule has 1 aromatic heterocycles. The number of aromatic amines is 1. The van der Waals surface area contributed by atoms with E-state index in [1.807, 2.05) is 6.07 Å². The molecule has 7 heteroatoms. The van der Waals surface area contributed by atoms with Crippen LogP contribution in [-0.4, -0.2) is 53.7 Å². The van der Waals surface area contributed by atoms with E-state index in [1.54, 1.807) is 12.0 Å². The average Bonchev–Trinajstić information content (AvgIpc) is 3.04. The molecule has 0 saturated carbocycles. The molecule has 1 aromatic rings. The van der Waals surface area contributed by atoms with Gasteiger partial charge in [-0.3, -0.25) is 14.7 Å². The molecule has 1 unspecified atom stereocenters. The third-order valence-electron chi connectivity index (χ3n) is 3.55. The van der Waals surface area contributed by atoms with Gasteiger partial charge < -0.3 is 15.0 Å². The Morgan fingerprint density at radius 3 is 3.14 bits per heavy atom. The summed E-state index contributed by atoms with van der Waals surface area (Å²) in [5.74, 6) is 0.0469. The summed E-state index contributed by atoms with van der Waals surface area (Å²) in [5, 5.41) is 9.72. The van der Waals surface area contributed by atoms with Crippen molar-refractivity contribution in [1.82, 2.24) is 15.1 Å². The molecule has 2 N–H and O–H groups in total. The number of aryl methyl sites for hydroxylation is 1. The van der Waals surface area contributed by atoms with Crippen molar-refractivity contribution in [2.24, 2.45) is 5.92 Å². The Morgan fingerprint density at radius 2 is 2.43 bits per heavy atom. The minimum atomic E-state index is -0.319. The predicted octanol–water partition coefficient (Wildman–Crippen LogP) is 0.796. The predicted molar refractivity (Wildman–Crippen MR) is 77.8 cm³/mol. The molecule has 0 spiro atoms. The minimum absolute atomic E-state index is 0.000833. The average molecular weight is 294 g/mol. The topological polar surface area (TPSA) is 87.3 Å². The zero-order valence-electron chi connectivity index (χ0n) is 12.5. The van der Waals surface area contributed by atoms with Gasteiger partial charge in [-0.15, -0.1) is 0 Å². The lowest BCUT2D eigenvalue weighted by Gasteiger charge is -2.15. The van der Waals surface area contributed by atoms with Crippen molar-refractivity contribution in [2.45, 2.75) is 26.2 Å². The number of ether oxygens (including phenoxy) is 1. The fourth-order valence-corrected chi connectivity index (χ4v) is 2.42. The van der Waals surface area contributed by atoms with Crippen LogP contribution in [0.25, 0.3) is 0 Å². The van der Waals surface area contributed by atoms with Crippen LogP contribution in [0.3, 0.4) is 0 Å². The van der Waals surface area contributed by atoms with Crippen LogP contribution >= 0.6 is 0 Å². The molecule has 0 aliphatic carbocycles. The van der Waals surface area contributed by atoms with Crippen LogP contribution in [0.2, 0.25) is 0 Å². The van der Waals surface area contributed by atoms with E-state index in [-0.39, 0.29) is 24.2 Å². The summed E-state index contributed by atoms with van der Waals surface area (Å²) in [4.78, 5) is 25.6. The third kappa shape index (κ3) is 4.04. The van der Waals surface area contributed by atoms with E-state index in [4.69, 9.17) is 4.74 Å². The van der Waals surface area contributed by atoms with Gasteiger partial charge in [-0.2, -0.15) is 5.10 Å². The van der Waals surface area contributed by atoms with Gasteiger partial charge in [0.2, 0.25) is 11.8 Å². The number of hydrogen-bond donors (Lipinski definition) is 2. The fraction of sp³-hybridized carbons (Fsp3) is 0.643. The number of hydrogen-bond acceptors (Lipinski definition) is 4. The molecule has 2 heterocycles. The van der Waals surface area contributed by atoms with Crippen LogP contribution in [0.4, 0.5) is 5.82 Å². The summed E-state index contributed by atoms with van der Waals surface area (Å²) in [7, 11) is 1.59. The smallest absolute Gasteiger partial charge is 0.230 e. The first-order chi connectivity index (χ1) is 10.1. The molecule has 7 nitrogen and oxygen atoms in total. The van der Waals surface area contributed by atoms with E-state index in [0.29, 0.717) is 25.5 Å². The number of rotatable bonds is 7. The number of methoxy groups -OCH3 is 1. The van der Waals surface area contributed by atoms with Crippen LogP contribution in [0.1, 0.15) is 25.5 Å². The van der Waals surface area contributed by atoms with Gasteiger partial charge in [-0.05, 0) is 6.42 Å². The monoisotopic (exact) mass is 294 g/mol. The van der Waals surface area contributed by atoms with Crippen molar-refractivity contribution in [3.05, 3.63) is 11.8 Å². The Morgan fingerprint density at radius 1 is 1.62 bits per heavy atom. The number of H-pyrrole nitrogens is 1. The number of nitrogens with one attached hydrogen (secondary N) is 2. The summed E-state index contributed by atoms with van der Waals surface area (Å²) in [5.41, 5.74) is 0.997. The van der Waals surface area contributed by atoms with Gasteiger partial charge in [0.15, 0.2) is 5.82 Å². The van der Waals surface area contributed by atoms with Gasteiger partial charge in [-0.1, -0.05) is 13.3 Å². The molecule has 1 atom stereocenters. The third-order valence-corrected chi connectivity index (χ3v) is 3.55. The van der Waals surface area contributed by atoms with E-state index in [0.717, 1.165) is 18.5 Å². The normalized spacial score (nSPS) is 18.3. The maximum atomic E-state index is 12.2. The van der Waals surface area contributed by atoms with E-state index in [1.165, 1.54) is 0 Å². The number of aromatic nitrogens is 2. The quantitative estimate of drug-likeness (QED) is 0.778. The summed E-state index contributed by atoms with van der Waals surface area (Å²) in [6.07, 6.45) is 2.17. The Hall–Kier alpha value is -1.89. The van der Waals surface area contributed by atoms with Crippen LogP contribution in [0.5, 0.6) is 0 Å². The molecule has 2 rings (SSSR count). The van der Waals surface area contributed by atoms with Crippen molar-refractivity contribution in [1.29, 1.82) is 0 Å². The molecule has 1 fully saturated rings. The summed E-state index contributed by atoms with van der Waals surface area (Å²) >= 11 is 0. The van der Waals surface area contributed by atoms with Crippen LogP contribution in [0, 0.1) is 5.92 Å². The number of carbonyl (C=O) groups excluding carboxylic acids is 2. The molecule has 2 amide bonds. The number of carbonyl (C=O) groups is 2. The lowest BCUT2D eigenvalue weighted by Crippen LogP contribution is -2.30. The highest BCUT2D eigenvalue weighted by atomic mass is 16.5. The lowest BCUT2D eigenvalue weighted by atomic mass is 10.1. The molecule has 1 saturated heterocycles. The number of amides is 2. The molecule has 1 aliphatic rings. The number of nitrogens with zero attached hydrogens (tertiary/aromatic N) is 2. The first-order valence-corrected chi connectivity index (χ1v) is 7.26. The highest BCUT2D eigenvalue weighted by Crippen LogP contribution is 2.19. The van der Waals surface area contributed by atoms with E-state index in [2.05, 4.69) is 22.4 Å². The SMILES string of the molecule is CCCc1cc(NC(=O)C2CC(=O)N(CCOC)C2)n[nH]1. The Bertz CT molecular complexity index is 500. The first kappa shape index (κ1) is 15.5. The molecule has 1 aliphatic heterocycles. The van der Waals surface area contributed by atoms with Crippen molar-refractivity contribution in [2.75, 3.05) is 32.1 Å². The maximum absolute atomic E-state index is 12.2. The van der Waals surface area contributed by atoms with E-state index in [9.17, 15) is 9.59 Å². The molecule has 21 heavy (non-hydrogen) atoms. The fourth-order valence-electron chi connectivity index (χ4n) is 2.42. The lowest BCUT2D eigenvalue weighted by molar-refractivity contribution is -0.128. The summed E-state index contributed by atoms with van der Waals surface area (Å²) < 4.78 is 4.96. The van der Waals surface area contributed by atoms with Gasteiger partial charge in [-0.25, -0.2) is 0 Å².